The molecule has 0 heterocycles. The van der Waals surface area contributed by atoms with Crippen molar-refractivity contribution in [2.45, 2.75) is 24.8 Å². The normalized spacial score (nSPS) is 11.4. The molecule has 2 aromatic carbocycles. The zero-order valence-electron chi connectivity index (χ0n) is 14.5. The summed E-state index contributed by atoms with van der Waals surface area (Å²) in [6.07, 6.45) is 0. The summed E-state index contributed by atoms with van der Waals surface area (Å²) >= 11 is 5.79. The van der Waals surface area contributed by atoms with E-state index < -0.39 is 10.0 Å². The smallest absolute Gasteiger partial charge is 0.251 e. The number of nitrogens with one attached hydrogen (secondary N) is 2. The van der Waals surface area contributed by atoms with Crippen molar-refractivity contribution in [3.63, 3.8) is 0 Å². The standard InChI is InChI=1S/C18H21ClN2O4S/c1-13(2)21-26(23,24)17-9-3-14(4-10-17)18(22)20-11-12-25-16-7-5-15(19)6-8-16/h3-10,13,21H,11-12H2,1-2H3,(H,20,22). The van der Waals surface area contributed by atoms with Gasteiger partial charge in [0.25, 0.3) is 5.91 Å². The fraction of sp³-hybridized carbons (Fsp3) is 0.278. The summed E-state index contributed by atoms with van der Waals surface area (Å²) in [6, 6.07) is 12.5. The van der Waals surface area contributed by atoms with Crippen LogP contribution in [0.3, 0.4) is 0 Å². The minimum Gasteiger partial charge on any atom is -0.492 e. The maximum Gasteiger partial charge on any atom is 0.251 e. The largest absolute Gasteiger partial charge is 0.492 e. The molecule has 0 saturated carbocycles. The average molecular weight is 397 g/mol. The number of ether oxygens (including phenoxy) is 1. The van der Waals surface area contributed by atoms with E-state index in [4.69, 9.17) is 16.3 Å². The Balaban J connectivity index is 1.85. The van der Waals surface area contributed by atoms with Crippen LogP contribution in [0.5, 0.6) is 5.75 Å². The topological polar surface area (TPSA) is 84.5 Å². The van der Waals surface area contributed by atoms with Gasteiger partial charge < -0.3 is 10.1 Å². The van der Waals surface area contributed by atoms with Gasteiger partial charge in [0.15, 0.2) is 0 Å². The van der Waals surface area contributed by atoms with Crippen molar-refractivity contribution >= 4 is 27.5 Å². The molecule has 140 valence electrons. The summed E-state index contributed by atoms with van der Waals surface area (Å²) in [6.45, 7) is 4.10. The minimum atomic E-state index is -3.57. The van der Waals surface area contributed by atoms with Gasteiger partial charge in [-0.15, -0.1) is 0 Å². The van der Waals surface area contributed by atoms with Crippen molar-refractivity contribution in [3.05, 3.63) is 59.1 Å². The molecular weight excluding hydrogens is 376 g/mol. The molecule has 0 fully saturated rings. The van der Waals surface area contributed by atoms with Gasteiger partial charge in [0.2, 0.25) is 10.0 Å². The number of carbonyl (C=O) groups excluding carboxylic acids is 1. The van der Waals surface area contributed by atoms with Gasteiger partial charge in [0.1, 0.15) is 12.4 Å². The number of halogens is 1. The predicted molar refractivity (Wildman–Crippen MR) is 101 cm³/mol. The Hall–Kier alpha value is -2.09. The molecule has 8 heteroatoms. The number of benzene rings is 2. The zero-order chi connectivity index (χ0) is 19.2. The van der Waals surface area contributed by atoms with E-state index in [2.05, 4.69) is 10.0 Å². The molecule has 2 aromatic rings. The van der Waals surface area contributed by atoms with E-state index in [1.54, 1.807) is 38.1 Å². The van der Waals surface area contributed by atoms with Gasteiger partial charge in [-0.25, -0.2) is 13.1 Å². The second-order valence-corrected chi connectivity index (χ2v) is 8.01. The summed E-state index contributed by atoms with van der Waals surface area (Å²) in [5, 5.41) is 3.34. The third-order valence-corrected chi connectivity index (χ3v) is 5.21. The highest BCUT2D eigenvalue weighted by Gasteiger charge is 2.15. The van der Waals surface area contributed by atoms with Gasteiger partial charge in [0, 0.05) is 16.6 Å². The fourth-order valence-corrected chi connectivity index (χ4v) is 3.51. The molecule has 2 N–H and O–H groups in total. The number of hydrogen-bond donors (Lipinski definition) is 2. The Morgan fingerprint density at radius 3 is 2.27 bits per heavy atom. The first-order valence-corrected chi connectivity index (χ1v) is 9.93. The van der Waals surface area contributed by atoms with Crippen LogP contribution < -0.4 is 14.8 Å². The third kappa shape index (κ3) is 6.01. The van der Waals surface area contributed by atoms with Crippen molar-refractivity contribution in [3.8, 4) is 5.75 Å². The second-order valence-electron chi connectivity index (χ2n) is 5.86. The van der Waals surface area contributed by atoms with Crippen LogP contribution in [0.4, 0.5) is 0 Å². The van der Waals surface area contributed by atoms with E-state index in [9.17, 15) is 13.2 Å². The molecule has 0 spiro atoms. The summed E-state index contributed by atoms with van der Waals surface area (Å²) in [5.41, 5.74) is 0.375. The highest BCUT2D eigenvalue weighted by atomic mass is 35.5. The van der Waals surface area contributed by atoms with Gasteiger partial charge >= 0.3 is 0 Å². The van der Waals surface area contributed by atoms with Crippen molar-refractivity contribution in [1.82, 2.24) is 10.0 Å². The molecule has 2 rings (SSSR count). The van der Waals surface area contributed by atoms with Crippen molar-refractivity contribution in [2.75, 3.05) is 13.2 Å². The lowest BCUT2D eigenvalue weighted by molar-refractivity contribution is 0.0947. The van der Waals surface area contributed by atoms with Gasteiger partial charge in [-0.05, 0) is 62.4 Å². The van der Waals surface area contributed by atoms with Crippen LogP contribution in [0.15, 0.2) is 53.4 Å². The van der Waals surface area contributed by atoms with E-state index in [1.807, 2.05) is 0 Å². The molecule has 0 atom stereocenters. The third-order valence-electron chi connectivity index (χ3n) is 3.29. The van der Waals surface area contributed by atoms with Crippen LogP contribution in [0, 0.1) is 0 Å². The molecule has 6 nitrogen and oxygen atoms in total. The van der Waals surface area contributed by atoms with Crippen LogP contribution in [-0.2, 0) is 10.0 Å². The molecule has 0 aromatic heterocycles. The minimum absolute atomic E-state index is 0.119. The summed E-state index contributed by atoms with van der Waals surface area (Å²) in [5.74, 6) is 0.362. The zero-order valence-corrected chi connectivity index (χ0v) is 16.1. The predicted octanol–water partition coefficient (Wildman–Crippen LogP) is 2.84. The number of hydrogen-bond acceptors (Lipinski definition) is 4. The number of rotatable bonds is 8. The number of carbonyl (C=O) groups is 1. The lowest BCUT2D eigenvalue weighted by Crippen LogP contribution is -2.30. The molecule has 0 bridgehead atoms. The molecule has 0 unspecified atom stereocenters. The molecule has 0 saturated heterocycles. The van der Waals surface area contributed by atoms with Crippen LogP contribution in [-0.4, -0.2) is 33.5 Å². The number of sulfonamides is 1. The van der Waals surface area contributed by atoms with Crippen LogP contribution >= 0.6 is 11.6 Å². The summed E-state index contributed by atoms with van der Waals surface area (Å²) in [4.78, 5) is 12.2. The molecule has 1 amide bonds. The van der Waals surface area contributed by atoms with Gasteiger partial charge in [-0.3, -0.25) is 4.79 Å². The highest BCUT2D eigenvalue weighted by Crippen LogP contribution is 2.15. The molecule has 0 aliphatic carbocycles. The fourth-order valence-electron chi connectivity index (χ4n) is 2.13. The monoisotopic (exact) mass is 396 g/mol. The molecule has 0 aliphatic rings. The SMILES string of the molecule is CC(C)NS(=O)(=O)c1ccc(C(=O)NCCOc2ccc(Cl)cc2)cc1. The average Bonchev–Trinajstić information content (AvgIpc) is 2.59. The Bertz CT molecular complexity index is 834. The number of amides is 1. The first kappa shape index (κ1) is 20.2. The molecular formula is C18H21ClN2O4S. The van der Waals surface area contributed by atoms with E-state index in [0.717, 1.165) is 0 Å². The second kappa shape index (κ2) is 9.02. The van der Waals surface area contributed by atoms with E-state index in [-0.39, 0.29) is 16.8 Å². The molecule has 26 heavy (non-hydrogen) atoms. The lowest BCUT2D eigenvalue weighted by Gasteiger charge is -2.10. The van der Waals surface area contributed by atoms with Crippen molar-refractivity contribution in [2.24, 2.45) is 0 Å². The molecule has 0 radical (unpaired) electrons. The first-order valence-electron chi connectivity index (χ1n) is 8.07. The van der Waals surface area contributed by atoms with Crippen molar-refractivity contribution < 1.29 is 17.9 Å². The van der Waals surface area contributed by atoms with E-state index in [0.29, 0.717) is 29.5 Å². The van der Waals surface area contributed by atoms with E-state index >= 15 is 0 Å². The van der Waals surface area contributed by atoms with Crippen LogP contribution in [0.1, 0.15) is 24.2 Å². The van der Waals surface area contributed by atoms with E-state index in [1.165, 1.54) is 24.3 Å². The maximum absolute atomic E-state index is 12.1. The van der Waals surface area contributed by atoms with Crippen LogP contribution in [0.2, 0.25) is 5.02 Å². The highest BCUT2D eigenvalue weighted by molar-refractivity contribution is 7.89. The van der Waals surface area contributed by atoms with Gasteiger partial charge in [0.05, 0.1) is 11.4 Å². The maximum atomic E-state index is 12.1. The van der Waals surface area contributed by atoms with Gasteiger partial charge in [-0.1, -0.05) is 11.6 Å². The summed E-state index contributed by atoms with van der Waals surface area (Å²) in [7, 11) is -3.57. The Labute approximate surface area is 158 Å². The Morgan fingerprint density at radius 1 is 1.08 bits per heavy atom. The summed E-state index contributed by atoms with van der Waals surface area (Å²) < 4.78 is 32.1. The Morgan fingerprint density at radius 2 is 1.69 bits per heavy atom. The lowest BCUT2D eigenvalue weighted by atomic mass is 10.2. The van der Waals surface area contributed by atoms with Crippen molar-refractivity contribution in [1.29, 1.82) is 0 Å². The quantitative estimate of drug-likeness (QED) is 0.672. The van der Waals surface area contributed by atoms with Gasteiger partial charge in [-0.2, -0.15) is 0 Å². The Kier molecular flexibility index (Phi) is 7.02. The molecule has 0 aliphatic heterocycles. The first-order chi connectivity index (χ1) is 12.3. The van der Waals surface area contributed by atoms with Crippen LogP contribution in [0.25, 0.3) is 0 Å².